The lowest BCUT2D eigenvalue weighted by Crippen LogP contribution is -2.26. The van der Waals surface area contributed by atoms with E-state index in [-0.39, 0.29) is 12.5 Å². The average Bonchev–Trinajstić information content (AvgIpc) is 2.60. The predicted octanol–water partition coefficient (Wildman–Crippen LogP) is 3.26. The summed E-state index contributed by atoms with van der Waals surface area (Å²) in [7, 11) is 1.60. The van der Waals surface area contributed by atoms with Crippen molar-refractivity contribution in [1.29, 1.82) is 0 Å². The number of carbonyl (C=O) groups is 1. The van der Waals surface area contributed by atoms with Gasteiger partial charge in [0.1, 0.15) is 5.75 Å². The van der Waals surface area contributed by atoms with Gasteiger partial charge in [-0.1, -0.05) is 24.3 Å². The van der Waals surface area contributed by atoms with E-state index < -0.39 is 0 Å². The van der Waals surface area contributed by atoms with Crippen molar-refractivity contribution in [3.8, 4) is 5.75 Å². The molecule has 0 radical (unpaired) electrons. The molecule has 0 saturated carbocycles. The third-order valence-electron chi connectivity index (χ3n) is 3.82. The van der Waals surface area contributed by atoms with Crippen molar-refractivity contribution in [2.75, 3.05) is 19.0 Å². The van der Waals surface area contributed by atoms with E-state index in [1.807, 2.05) is 37.3 Å². The molecule has 2 N–H and O–H groups in total. The summed E-state index contributed by atoms with van der Waals surface area (Å²) in [5, 5.41) is 7.20. The molecule has 0 fully saturated rings. The molecule has 1 amide bonds. The fourth-order valence-corrected chi connectivity index (χ4v) is 2.18. The number of carbonyl (C=O) groups excluding carboxylic acids is 1. The first-order valence-corrected chi connectivity index (χ1v) is 7.79. The Labute approximate surface area is 142 Å². The maximum atomic E-state index is 12.0. The number of nitrogens with zero attached hydrogens (tertiary/aromatic N) is 1. The first-order chi connectivity index (χ1) is 11.5. The molecule has 5 heteroatoms. The Morgan fingerprint density at radius 2 is 1.88 bits per heavy atom. The monoisotopic (exact) mass is 325 g/mol. The molecule has 0 saturated heterocycles. The van der Waals surface area contributed by atoms with Crippen LogP contribution in [0.2, 0.25) is 0 Å². The Hall–Kier alpha value is -2.82. The molecule has 2 aromatic carbocycles. The Kier molecular flexibility index (Phi) is 5.95. The highest BCUT2D eigenvalue weighted by Gasteiger charge is 2.05. The summed E-state index contributed by atoms with van der Waals surface area (Å²) in [4.78, 5) is 12.0. The second-order valence-corrected chi connectivity index (χ2v) is 5.59. The lowest BCUT2D eigenvalue weighted by molar-refractivity contribution is -0.119. The van der Waals surface area contributed by atoms with Gasteiger partial charge in [-0.3, -0.25) is 4.79 Å². The van der Waals surface area contributed by atoms with Gasteiger partial charge < -0.3 is 10.1 Å². The zero-order valence-corrected chi connectivity index (χ0v) is 14.5. The van der Waals surface area contributed by atoms with E-state index in [1.165, 1.54) is 11.1 Å². The van der Waals surface area contributed by atoms with Crippen molar-refractivity contribution in [1.82, 2.24) is 5.43 Å². The van der Waals surface area contributed by atoms with Crippen LogP contribution in [0.3, 0.4) is 0 Å². The Morgan fingerprint density at radius 3 is 2.58 bits per heavy atom. The number of para-hydroxylation sites is 2. The van der Waals surface area contributed by atoms with E-state index in [9.17, 15) is 4.79 Å². The topological polar surface area (TPSA) is 62.7 Å². The molecule has 0 aliphatic carbocycles. The van der Waals surface area contributed by atoms with Gasteiger partial charge >= 0.3 is 0 Å². The number of nitrogens with one attached hydrogen (secondary N) is 2. The maximum absolute atomic E-state index is 12.0. The normalized spacial score (nSPS) is 11.1. The number of amides is 1. The largest absolute Gasteiger partial charge is 0.495 e. The molecular weight excluding hydrogens is 302 g/mol. The molecule has 0 unspecified atom stereocenters. The average molecular weight is 325 g/mol. The smallest absolute Gasteiger partial charge is 0.259 e. The molecule has 0 bridgehead atoms. The number of hydrogen-bond donors (Lipinski definition) is 2. The second kappa shape index (κ2) is 8.15. The molecule has 126 valence electrons. The third kappa shape index (κ3) is 4.59. The molecule has 2 rings (SSSR count). The Balaban J connectivity index is 1.93. The molecule has 0 aliphatic rings. The molecule has 0 aliphatic heterocycles. The Morgan fingerprint density at radius 1 is 1.12 bits per heavy atom. The first kappa shape index (κ1) is 17.5. The predicted molar refractivity (Wildman–Crippen MR) is 97.8 cm³/mol. The molecule has 0 spiro atoms. The fraction of sp³-hybridized carbons (Fsp3) is 0.263. The molecule has 0 heterocycles. The van der Waals surface area contributed by atoms with Gasteiger partial charge in [0.15, 0.2) is 0 Å². The molecule has 5 nitrogen and oxygen atoms in total. The van der Waals surface area contributed by atoms with Gasteiger partial charge in [-0.15, -0.1) is 0 Å². The van der Waals surface area contributed by atoms with E-state index in [2.05, 4.69) is 41.8 Å². The number of anilines is 1. The van der Waals surface area contributed by atoms with Crippen LogP contribution in [0.4, 0.5) is 5.69 Å². The van der Waals surface area contributed by atoms with Crippen LogP contribution in [0.15, 0.2) is 47.6 Å². The molecule has 0 atom stereocenters. The van der Waals surface area contributed by atoms with Gasteiger partial charge in [0.05, 0.1) is 25.1 Å². The van der Waals surface area contributed by atoms with Crippen LogP contribution in [0, 0.1) is 13.8 Å². The van der Waals surface area contributed by atoms with Crippen LogP contribution >= 0.6 is 0 Å². The number of benzene rings is 2. The van der Waals surface area contributed by atoms with Crippen LogP contribution < -0.4 is 15.5 Å². The van der Waals surface area contributed by atoms with Gasteiger partial charge in [-0.2, -0.15) is 5.10 Å². The zero-order valence-electron chi connectivity index (χ0n) is 14.5. The zero-order chi connectivity index (χ0) is 17.5. The minimum absolute atomic E-state index is 0.115. The lowest BCUT2D eigenvalue weighted by Gasteiger charge is -2.10. The maximum Gasteiger partial charge on any atom is 0.259 e. The third-order valence-corrected chi connectivity index (χ3v) is 3.82. The molecule has 0 aromatic heterocycles. The van der Waals surface area contributed by atoms with E-state index >= 15 is 0 Å². The summed E-state index contributed by atoms with van der Waals surface area (Å²) in [5.41, 5.74) is 7.53. The SMILES string of the molecule is COc1ccccc1NCC(=O)N/N=C(\C)c1ccc(C)c(C)c1. The van der Waals surface area contributed by atoms with E-state index in [0.29, 0.717) is 5.75 Å². The quantitative estimate of drug-likeness (QED) is 0.633. The van der Waals surface area contributed by atoms with Gasteiger partial charge in [-0.05, 0) is 55.7 Å². The summed E-state index contributed by atoms with van der Waals surface area (Å²) in [5.74, 6) is 0.476. The molecular formula is C19H23N3O2. The van der Waals surface area contributed by atoms with E-state index in [4.69, 9.17) is 4.74 Å². The van der Waals surface area contributed by atoms with E-state index in [1.54, 1.807) is 7.11 Å². The first-order valence-electron chi connectivity index (χ1n) is 7.79. The van der Waals surface area contributed by atoms with Gasteiger partial charge in [0, 0.05) is 0 Å². The van der Waals surface area contributed by atoms with Crippen molar-refractivity contribution in [2.45, 2.75) is 20.8 Å². The highest BCUT2D eigenvalue weighted by atomic mass is 16.5. The summed E-state index contributed by atoms with van der Waals surface area (Å²) in [6, 6.07) is 13.6. The highest BCUT2D eigenvalue weighted by molar-refractivity contribution is 5.99. The highest BCUT2D eigenvalue weighted by Crippen LogP contribution is 2.22. The van der Waals surface area contributed by atoms with Crippen molar-refractivity contribution < 1.29 is 9.53 Å². The van der Waals surface area contributed by atoms with Gasteiger partial charge in [0.2, 0.25) is 0 Å². The van der Waals surface area contributed by atoms with Crippen molar-refractivity contribution in [3.05, 3.63) is 59.2 Å². The van der Waals surface area contributed by atoms with Crippen LogP contribution in [-0.4, -0.2) is 25.3 Å². The summed E-state index contributed by atoms with van der Waals surface area (Å²) in [6.07, 6.45) is 0. The summed E-state index contributed by atoms with van der Waals surface area (Å²) < 4.78 is 5.23. The van der Waals surface area contributed by atoms with Crippen molar-refractivity contribution in [2.24, 2.45) is 5.10 Å². The standard InChI is InChI=1S/C19H23N3O2/c1-13-9-10-16(11-14(13)2)15(3)21-22-19(23)12-20-17-7-5-6-8-18(17)24-4/h5-11,20H,12H2,1-4H3,(H,22,23)/b21-15+. The second-order valence-electron chi connectivity index (χ2n) is 5.59. The van der Waals surface area contributed by atoms with Crippen LogP contribution in [0.5, 0.6) is 5.75 Å². The van der Waals surface area contributed by atoms with E-state index in [0.717, 1.165) is 17.0 Å². The summed E-state index contributed by atoms with van der Waals surface area (Å²) >= 11 is 0. The minimum atomic E-state index is -0.218. The van der Waals surface area contributed by atoms with Crippen LogP contribution in [0.1, 0.15) is 23.6 Å². The number of hydrogen-bond acceptors (Lipinski definition) is 4. The summed E-state index contributed by atoms with van der Waals surface area (Å²) in [6.45, 7) is 6.11. The number of ether oxygens (including phenoxy) is 1. The molecule has 2 aromatic rings. The van der Waals surface area contributed by atoms with Crippen molar-refractivity contribution in [3.63, 3.8) is 0 Å². The van der Waals surface area contributed by atoms with Gasteiger partial charge in [0.25, 0.3) is 5.91 Å². The van der Waals surface area contributed by atoms with Crippen molar-refractivity contribution >= 4 is 17.3 Å². The fourth-order valence-electron chi connectivity index (χ4n) is 2.18. The molecule has 24 heavy (non-hydrogen) atoms. The van der Waals surface area contributed by atoms with Crippen LogP contribution in [-0.2, 0) is 4.79 Å². The van der Waals surface area contributed by atoms with Gasteiger partial charge in [-0.25, -0.2) is 5.43 Å². The van der Waals surface area contributed by atoms with Crippen LogP contribution in [0.25, 0.3) is 0 Å². The number of rotatable bonds is 6. The lowest BCUT2D eigenvalue weighted by atomic mass is 10.0. The number of methoxy groups -OCH3 is 1. The number of aryl methyl sites for hydroxylation is 2. The Bertz CT molecular complexity index is 754. The minimum Gasteiger partial charge on any atom is -0.495 e. The number of hydrazone groups is 1.